The maximum Gasteiger partial charge on any atom is 0.185 e. The Kier molecular flexibility index (Phi) is 4.30. The van der Waals surface area contributed by atoms with Crippen LogP contribution >= 0.6 is 0 Å². The van der Waals surface area contributed by atoms with Crippen molar-refractivity contribution >= 4 is 16.7 Å². The molecule has 0 amide bonds. The number of aryl methyl sites for hydroxylation is 1. The van der Waals surface area contributed by atoms with Gasteiger partial charge in [-0.25, -0.2) is 13.8 Å². The summed E-state index contributed by atoms with van der Waals surface area (Å²) in [5.74, 6) is -1.06. The quantitative estimate of drug-likeness (QED) is 0.871. The zero-order chi connectivity index (χ0) is 13.8. The van der Waals surface area contributed by atoms with E-state index in [1.807, 2.05) is 13.0 Å². The molecule has 0 saturated heterocycles. The van der Waals surface area contributed by atoms with Crippen LogP contribution < -0.4 is 5.32 Å². The molecule has 0 bridgehead atoms. The fourth-order valence-electron chi connectivity index (χ4n) is 2.08. The molecule has 2 nitrogen and oxygen atoms in total. The van der Waals surface area contributed by atoms with Gasteiger partial charge in [0.2, 0.25) is 0 Å². The summed E-state index contributed by atoms with van der Waals surface area (Å²) < 4.78 is 27.0. The fraction of sp³-hybridized carbons (Fsp3) is 0.400. The van der Waals surface area contributed by atoms with Crippen LogP contribution in [0.3, 0.4) is 0 Å². The minimum absolute atomic E-state index is 0.0958. The summed E-state index contributed by atoms with van der Waals surface area (Å²) in [5.41, 5.74) is 1.15. The lowest BCUT2D eigenvalue weighted by atomic mass is 10.1. The van der Waals surface area contributed by atoms with E-state index in [2.05, 4.69) is 17.2 Å². The van der Waals surface area contributed by atoms with Gasteiger partial charge in [0.05, 0.1) is 0 Å². The zero-order valence-corrected chi connectivity index (χ0v) is 11.3. The van der Waals surface area contributed by atoms with Crippen molar-refractivity contribution in [2.45, 2.75) is 33.1 Å². The first-order chi connectivity index (χ1) is 9.17. The average molecular weight is 264 g/mol. The van der Waals surface area contributed by atoms with E-state index in [4.69, 9.17) is 0 Å². The number of nitrogens with zero attached hydrogens (tertiary/aromatic N) is 1. The molecular formula is C15H18F2N2. The van der Waals surface area contributed by atoms with E-state index < -0.39 is 11.6 Å². The third kappa shape index (κ3) is 2.83. The first-order valence-corrected chi connectivity index (χ1v) is 6.68. The zero-order valence-electron chi connectivity index (χ0n) is 11.3. The van der Waals surface area contributed by atoms with E-state index >= 15 is 0 Å². The highest BCUT2D eigenvalue weighted by atomic mass is 19.2. The molecule has 19 heavy (non-hydrogen) atoms. The normalized spacial score (nSPS) is 10.9. The van der Waals surface area contributed by atoms with Crippen LogP contribution in [0.15, 0.2) is 18.2 Å². The Morgan fingerprint density at radius 2 is 1.95 bits per heavy atom. The summed E-state index contributed by atoms with van der Waals surface area (Å²) in [6.45, 7) is 4.90. The van der Waals surface area contributed by atoms with Crippen molar-refractivity contribution in [1.82, 2.24) is 4.98 Å². The second-order valence-electron chi connectivity index (χ2n) is 4.61. The Balaban J connectivity index is 2.55. The molecule has 1 aromatic carbocycles. The number of anilines is 1. The number of nitrogens with one attached hydrogen (secondary N) is 1. The molecule has 0 spiro atoms. The van der Waals surface area contributed by atoms with Gasteiger partial charge in [-0.1, -0.05) is 20.3 Å². The molecule has 0 aliphatic rings. The minimum atomic E-state index is -0.875. The van der Waals surface area contributed by atoms with Crippen molar-refractivity contribution in [3.63, 3.8) is 0 Å². The van der Waals surface area contributed by atoms with Gasteiger partial charge in [0.1, 0.15) is 11.3 Å². The highest BCUT2D eigenvalue weighted by Crippen LogP contribution is 2.25. The summed E-state index contributed by atoms with van der Waals surface area (Å²) in [6.07, 6.45) is 2.81. The maximum atomic E-state index is 13.8. The second kappa shape index (κ2) is 5.95. The molecule has 1 N–H and O–H groups in total. The van der Waals surface area contributed by atoms with Crippen LogP contribution in [0.2, 0.25) is 0 Å². The Morgan fingerprint density at radius 1 is 1.16 bits per heavy atom. The van der Waals surface area contributed by atoms with Crippen LogP contribution in [0.4, 0.5) is 14.6 Å². The molecule has 0 fully saturated rings. The molecule has 2 aromatic rings. The minimum Gasteiger partial charge on any atom is -0.370 e. The van der Waals surface area contributed by atoms with E-state index in [-0.39, 0.29) is 5.52 Å². The highest BCUT2D eigenvalue weighted by Gasteiger charge is 2.12. The summed E-state index contributed by atoms with van der Waals surface area (Å²) in [5, 5.41) is 3.83. The molecule has 0 aliphatic carbocycles. The van der Waals surface area contributed by atoms with Gasteiger partial charge in [-0.05, 0) is 36.6 Å². The van der Waals surface area contributed by atoms with Crippen LogP contribution in [0, 0.1) is 11.6 Å². The van der Waals surface area contributed by atoms with Gasteiger partial charge in [0, 0.05) is 11.9 Å². The number of pyridine rings is 1. The monoisotopic (exact) mass is 264 g/mol. The molecule has 0 atom stereocenters. The predicted octanol–water partition coefficient (Wildman–Crippen LogP) is 4.29. The molecule has 1 heterocycles. The number of halogens is 2. The third-order valence-electron chi connectivity index (χ3n) is 3.02. The number of hydrogen-bond acceptors (Lipinski definition) is 2. The summed E-state index contributed by atoms with van der Waals surface area (Å²) >= 11 is 0. The number of hydrogen-bond donors (Lipinski definition) is 1. The van der Waals surface area contributed by atoms with E-state index in [1.54, 1.807) is 6.07 Å². The molecule has 0 radical (unpaired) electrons. The third-order valence-corrected chi connectivity index (χ3v) is 3.02. The molecule has 4 heteroatoms. The Bertz CT molecular complexity index is 582. The standard InChI is InChI=1S/C15H18F2N2/c1-3-5-11-9-10-6-7-12(16)13(17)14(10)19-15(11)18-8-4-2/h6-7,9H,3-5,8H2,1-2H3,(H,18,19). The van der Waals surface area contributed by atoms with Crippen LogP contribution in [0.25, 0.3) is 10.9 Å². The Morgan fingerprint density at radius 3 is 2.63 bits per heavy atom. The van der Waals surface area contributed by atoms with Crippen LogP contribution in [0.1, 0.15) is 32.3 Å². The molecular weight excluding hydrogens is 246 g/mol. The lowest BCUT2D eigenvalue weighted by molar-refractivity contribution is 0.515. The Labute approximate surface area is 111 Å². The van der Waals surface area contributed by atoms with Crippen LogP contribution in [-0.2, 0) is 6.42 Å². The number of rotatable bonds is 5. The number of aromatic nitrogens is 1. The SMILES string of the molecule is CCCNc1nc2c(F)c(F)ccc2cc1CCC. The van der Waals surface area contributed by atoms with E-state index in [0.29, 0.717) is 11.2 Å². The van der Waals surface area contributed by atoms with E-state index in [1.165, 1.54) is 0 Å². The smallest absolute Gasteiger partial charge is 0.185 e. The molecule has 2 rings (SSSR count). The second-order valence-corrected chi connectivity index (χ2v) is 4.61. The first-order valence-electron chi connectivity index (χ1n) is 6.68. The van der Waals surface area contributed by atoms with Gasteiger partial charge >= 0.3 is 0 Å². The van der Waals surface area contributed by atoms with E-state index in [0.717, 1.165) is 37.4 Å². The molecule has 0 aliphatic heterocycles. The van der Waals surface area contributed by atoms with Crippen molar-refractivity contribution in [2.75, 3.05) is 11.9 Å². The lowest BCUT2D eigenvalue weighted by Gasteiger charge is -2.12. The number of benzene rings is 1. The number of fused-ring (bicyclic) bond motifs is 1. The average Bonchev–Trinajstić information content (AvgIpc) is 2.41. The van der Waals surface area contributed by atoms with E-state index in [9.17, 15) is 8.78 Å². The molecule has 102 valence electrons. The topological polar surface area (TPSA) is 24.9 Å². The van der Waals surface area contributed by atoms with Gasteiger partial charge in [0.25, 0.3) is 0 Å². The van der Waals surface area contributed by atoms with Crippen LogP contribution in [0.5, 0.6) is 0 Å². The van der Waals surface area contributed by atoms with Crippen molar-refractivity contribution in [3.8, 4) is 0 Å². The fourth-order valence-corrected chi connectivity index (χ4v) is 2.08. The summed E-state index contributed by atoms with van der Waals surface area (Å²) in [7, 11) is 0. The van der Waals surface area contributed by atoms with Crippen molar-refractivity contribution in [2.24, 2.45) is 0 Å². The van der Waals surface area contributed by atoms with Crippen molar-refractivity contribution in [1.29, 1.82) is 0 Å². The first kappa shape index (κ1) is 13.7. The maximum absolute atomic E-state index is 13.8. The van der Waals surface area contributed by atoms with Crippen molar-refractivity contribution < 1.29 is 8.78 Å². The van der Waals surface area contributed by atoms with Gasteiger partial charge in [-0.3, -0.25) is 0 Å². The van der Waals surface area contributed by atoms with Gasteiger partial charge in [-0.2, -0.15) is 0 Å². The van der Waals surface area contributed by atoms with Gasteiger partial charge < -0.3 is 5.32 Å². The molecule has 0 unspecified atom stereocenters. The summed E-state index contributed by atoms with van der Waals surface area (Å²) in [4.78, 5) is 4.27. The lowest BCUT2D eigenvalue weighted by Crippen LogP contribution is -2.06. The van der Waals surface area contributed by atoms with Gasteiger partial charge in [0.15, 0.2) is 11.6 Å². The highest BCUT2D eigenvalue weighted by molar-refractivity contribution is 5.82. The largest absolute Gasteiger partial charge is 0.370 e. The predicted molar refractivity (Wildman–Crippen MR) is 74.4 cm³/mol. The molecule has 0 saturated carbocycles. The molecule has 1 aromatic heterocycles. The van der Waals surface area contributed by atoms with Crippen molar-refractivity contribution in [3.05, 3.63) is 35.4 Å². The summed E-state index contributed by atoms with van der Waals surface area (Å²) in [6, 6.07) is 4.62. The van der Waals surface area contributed by atoms with Crippen LogP contribution in [-0.4, -0.2) is 11.5 Å². The van der Waals surface area contributed by atoms with Gasteiger partial charge in [-0.15, -0.1) is 0 Å². The Hall–Kier alpha value is -1.71.